The van der Waals surface area contributed by atoms with E-state index in [1.807, 2.05) is 61.5 Å². The van der Waals surface area contributed by atoms with E-state index in [1.54, 1.807) is 6.92 Å². The van der Waals surface area contributed by atoms with Crippen molar-refractivity contribution in [2.24, 2.45) is 0 Å². The molecule has 0 aliphatic rings. The first-order chi connectivity index (χ1) is 10.1. The van der Waals surface area contributed by atoms with Crippen molar-refractivity contribution in [3.05, 3.63) is 71.3 Å². The number of carbonyl (C=O) groups excluding carboxylic acids is 1. The van der Waals surface area contributed by atoms with Gasteiger partial charge >= 0.3 is 5.97 Å². The lowest BCUT2D eigenvalue weighted by atomic mass is 9.81. The summed E-state index contributed by atoms with van der Waals surface area (Å²) in [5.41, 5.74) is 0.975. The van der Waals surface area contributed by atoms with Gasteiger partial charge in [-0.1, -0.05) is 54.6 Å². The van der Waals surface area contributed by atoms with Gasteiger partial charge < -0.3 is 9.84 Å². The molecule has 1 N–H and O–H groups in total. The molecule has 1 atom stereocenters. The highest BCUT2D eigenvalue weighted by molar-refractivity contribution is 5.72. The SMILES string of the molecule is CCOC(=O)CC(O)(c1ccccc1)c1ccccc1C. The highest BCUT2D eigenvalue weighted by Crippen LogP contribution is 2.35. The van der Waals surface area contributed by atoms with Gasteiger partial charge in [-0.3, -0.25) is 4.79 Å². The van der Waals surface area contributed by atoms with Gasteiger partial charge in [-0.2, -0.15) is 0 Å². The normalized spacial score (nSPS) is 13.5. The number of ether oxygens (including phenoxy) is 1. The Labute approximate surface area is 125 Å². The lowest BCUT2D eigenvalue weighted by Gasteiger charge is -2.30. The first-order valence-corrected chi connectivity index (χ1v) is 7.07. The van der Waals surface area contributed by atoms with E-state index in [1.165, 1.54) is 0 Å². The second-order valence-electron chi connectivity index (χ2n) is 5.02. The summed E-state index contributed by atoms with van der Waals surface area (Å²) < 4.78 is 5.02. The van der Waals surface area contributed by atoms with Gasteiger partial charge in [0.1, 0.15) is 5.60 Å². The zero-order valence-electron chi connectivity index (χ0n) is 12.4. The maximum atomic E-state index is 11.9. The molecular weight excluding hydrogens is 264 g/mol. The molecule has 0 aliphatic heterocycles. The van der Waals surface area contributed by atoms with Crippen molar-refractivity contribution in [2.45, 2.75) is 25.9 Å². The third-order valence-electron chi connectivity index (χ3n) is 3.55. The van der Waals surface area contributed by atoms with Crippen LogP contribution in [0.15, 0.2) is 54.6 Å². The Morgan fingerprint density at radius 3 is 2.33 bits per heavy atom. The van der Waals surface area contributed by atoms with Crippen LogP contribution in [0.2, 0.25) is 0 Å². The number of hydrogen-bond acceptors (Lipinski definition) is 3. The molecule has 1 unspecified atom stereocenters. The van der Waals surface area contributed by atoms with E-state index in [0.29, 0.717) is 12.2 Å². The van der Waals surface area contributed by atoms with Crippen molar-refractivity contribution in [3.8, 4) is 0 Å². The van der Waals surface area contributed by atoms with Gasteiger partial charge in [-0.25, -0.2) is 0 Å². The molecule has 2 aromatic rings. The third-order valence-corrected chi connectivity index (χ3v) is 3.55. The van der Waals surface area contributed by atoms with E-state index in [-0.39, 0.29) is 6.42 Å². The molecule has 0 aromatic heterocycles. The summed E-state index contributed by atoms with van der Waals surface area (Å²) in [5.74, 6) is -0.410. The number of esters is 1. The molecule has 0 aliphatic carbocycles. The molecule has 3 heteroatoms. The van der Waals surface area contributed by atoms with Gasteiger partial charge in [0.2, 0.25) is 0 Å². The minimum Gasteiger partial charge on any atom is -0.466 e. The maximum absolute atomic E-state index is 11.9. The van der Waals surface area contributed by atoms with Crippen LogP contribution in [0.1, 0.15) is 30.0 Å². The van der Waals surface area contributed by atoms with E-state index in [0.717, 1.165) is 11.1 Å². The van der Waals surface area contributed by atoms with Crippen molar-refractivity contribution < 1.29 is 14.6 Å². The molecule has 0 fully saturated rings. The fourth-order valence-electron chi connectivity index (χ4n) is 2.52. The number of benzene rings is 2. The maximum Gasteiger partial charge on any atom is 0.309 e. The minimum atomic E-state index is -1.38. The Kier molecular flexibility index (Phi) is 4.76. The first kappa shape index (κ1) is 15.3. The lowest BCUT2D eigenvalue weighted by molar-refractivity contribution is -0.147. The fourth-order valence-corrected chi connectivity index (χ4v) is 2.52. The molecule has 2 aromatic carbocycles. The molecule has 2 rings (SSSR count). The van der Waals surface area contributed by atoms with Gasteiger partial charge in [0.25, 0.3) is 0 Å². The first-order valence-electron chi connectivity index (χ1n) is 7.07. The Morgan fingerprint density at radius 2 is 1.71 bits per heavy atom. The number of rotatable bonds is 5. The summed E-state index contributed by atoms with van der Waals surface area (Å²) in [4.78, 5) is 11.9. The van der Waals surface area contributed by atoms with Crippen molar-refractivity contribution in [3.63, 3.8) is 0 Å². The molecule has 0 saturated carbocycles. The van der Waals surface area contributed by atoms with E-state index >= 15 is 0 Å². The number of aliphatic hydroxyl groups is 1. The van der Waals surface area contributed by atoms with Crippen LogP contribution >= 0.6 is 0 Å². The average molecular weight is 284 g/mol. The largest absolute Gasteiger partial charge is 0.466 e. The Bertz CT molecular complexity index is 607. The molecule has 3 nitrogen and oxygen atoms in total. The predicted molar refractivity (Wildman–Crippen MR) is 81.9 cm³/mol. The number of aryl methyl sites for hydroxylation is 1. The molecule has 21 heavy (non-hydrogen) atoms. The van der Waals surface area contributed by atoms with Crippen LogP contribution in [0.3, 0.4) is 0 Å². The molecule has 0 saturated heterocycles. The molecule has 110 valence electrons. The summed E-state index contributed by atoms with van der Waals surface area (Å²) >= 11 is 0. The van der Waals surface area contributed by atoms with Gasteiger partial charge in [-0.05, 0) is 30.5 Å². The van der Waals surface area contributed by atoms with Crippen molar-refractivity contribution in [1.29, 1.82) is 0 Å². The van der Waals surface area contributed by atoms with Crippen LogP contribution in [0, 0.1) is 6.92 Å². The predicted octanol–water partition coefficient (Wildman–Crippen LogP) is 3.18. The molecule has 0 radical (unpaired) electrons. The van der Waals surface area contributed by atoms with Crippen LogP contribution in [-0.2, 0) is 15.1 Å². The quantitative estimate of drug-likeness (QED) is 0.858. The molecular formula is C18H20O3. The number of hydrogen-bond donors (Lipinski definition) is 1. The Morgan fingerprint density at radius 1 is 1.10 bits per heavy atom. The second kappa shape index (κ2) is 6.55. The topological polar surface area (TPSA) is 46.5 Å². The smallest absolute Gasteiger partial charge is 0.309 e. The summed E-state index contributed by atoms with van der Waals surface area (Å²) in [6, 6.07) is 16.8. The minimum absolute atomic E-state index is 0.101. The van der Waals surface area contributed by atoms with Crippen LogP contribution in [0.4, 0.5) is 0 Å². The van der Waals surface area contributed by atoms with E-state index < -0.39 is 11.6 Å². The van der Waals surface area contributed by atoms with Crippen molar-refractivity contribution in [1.82, 2.24) is 0 Å². The van der Waals surface area contributed by atoms with Crippen molar-refractivity contribution in [2.75, 3.05) is 6.61 Å². The van der Waals surface area contributed by atoms with Gasteiger partial charge in [0.15, 0.2) is 0 Å². The standard InChI is InChI=1S/C18H20O3/c1-3-21-17(19)13-18(20,15-10-5-4-6-11-15)16-12-8-7-9-14(16)2/h4-12,20H,3,13H2,1-2H3. The highest BCUT2D eigenvalue weighted by atomic mass is 16.5. The molecule has 0 bridgehead atoms. The van der Waals surface area contributed by atoms with Crippen molar-refractivity contribution >= 4 is 5.97 Å². The number of carbonyl (C=O) groups is 1. The summed E-state index contributed by atoms with van der Waals surface area (Å²) in [6.45, 7) is 3.99. The van der Waals surface area contributed by atoms with Crippen LogP contribution in [-0.4, -0.2) is 17.7 Å². The van der Waals surface area contributed by atoms with Gasteiger partial charge in [0.05, 0.1) is 13.0 Å². The molecule has 0 spiro atoms. The third kappa shape index (κ3) is 3.31. The summed E-state index contributed by atoms with van der Waals surface area (Å²) in [5, 5.41) is 11.2. The van der Waals surface area contributed by atoms with Crippen LogP contribution < -0.4 is 0 Å². The zero-order valence-corrected chi connectivity index (χ0v) is 12.4. The van der Waals surface area contributed by atoms with E-state index in [2.05, 4.69) is 0 Å². The zero-order chi connectivity index (χ0) is 15.3. The lowest BCUT2D eigenvalue weighted by Crippen LogP contribution is -2.32. The van der Waals surface area contributed by atoms with E-state index in [9.17, 15) is 9.90 Å². The molecule has 0 amide bonds. The monoisotopic (exact) mass is 284 g/mol. The summed E-state index contributed by atoms with van der Waals surface area (Å²) in [7, 11) is 0. The van der Waals surface area contributed by atoms with E-state index in [4.69, 9.17) is 4.74 Å². The molecule has 0 heterocycles. The highest BCUT2D eigenvalue weighted by Gasteiger charge is 2.35. The van der Waals surface area contributed by atoms with Gasteiger partial charge in [0, 0.05) is 0 Å². The summed E-state index contributed by atoms with van der Waals surface area (Å²) in [6.07, 6.45) is -0.101. The second-order valence-corrected chi connectivity index (χ2v) is 5.02. The van der Waals surface area contributed by atoms with Crippen LogP contribution in [0.25, 0.3) is 0 Å². The Hall–Kier alpha value is -2.13. The Balaban J connectivity index is 2.49. The average Bonchev–Trinajstić information content (AvgIpc) is 2.48. The van der Waals surface area contributed by atoms with Gasteiger partial charge in [-0.15, -0.1) is 0 Å². The van der Waals surface area contributed by atoms with Crippen LogP contribution in [0.5, 0.6) is 0 Å². The fraction of sp³-hybridized carbons (Fsp3) is 0.278.